The Kier molecular flexibility index (Phi) is 4.66. The van der Waals surface area contributed by atoms with E-state index in [9.17, 15) is 13.2 Å². The summed E-state index contributed by atoms with van der Waals surface area (Å²) < 4.78 is 41.8. The van der Waals surface area contributed by atoms with Crippen LogP contribution in [0.1, 0.15) is 44.3 Å². The summed E-state index contributed by atoms with van der Waals surface area (Å²) >= 11 is 0. The molecular weight excluding hydrogens is 331 g/mol. The fourth-order valence-corrected chi connectivity index (χ4v) is 3.06. The minimum absolute atomic E-state index is 0.0460. The highest BCUT2D eigenvalue weighted by atomic mass is 19.4. The lowest BCUT2D eigenvalue weighted by atomic mass is 9.99. The maximum Gasteiger partial charge on any atom is 0.434 e. The average Bonchev–Trinajstić information content (AvgIpc) is 3.12. The van der Waals surface area contributed by atoms with Crippen LogP contribution in [0.5, 0.6) is 0 Å². The molecule has 0 saturated heterocycles. The van der Waals surface area contributed by atoms with Gasteiger partial charge in [-0.2, -0.15) is 18.3 Å². The molecule has 1 aliphatic rings. The Morgan fingerprint density at radius 2 is 2.00 bits per heavy atom. The van der Waals surface area contributed by atoms with Crippen LogP contribution in [-0.4, -0.2) is 25.9 Å². The summed E-state index contributed by atoms with van der Waals surface area (Å²) in [5.74, 6) is 0.843. The average molecular weight is 355 g/mol. The molecule has 1 N–H and O–H groups in total. The zero-order valence-corrected chi connectivity index (χ0v) is 14.8. The molecule has 0 aromatic carbocycles. The molecule has 138 valence electrons. The zero-order valence-electron chi connectivity index (χ0n) is 14.8. The number of rotatable bonds is 4. The number of hydrogen-bond acceptors (Lipinski definition) is 3. The van der Waals surface area contributed by atoms with E-state index in [1.807, 2.05) is 17.1 Å². The normalized spacial score (nSPS) is 18.4. The van der Waals surface area contributed by atoms with Crippen LogP contribution in [0.15, 0.2) is 18.6 Å². The summed E-state index contributed by atoms with van der Waals surface area (Å²) in [6.07, 6.45) is 2.08. The number of halogens is 3. The van der Waals surface area contributed by atoms with Gasteiger partial charge in [-0.1, -0.05) is 0 Å². The molecule has 8 heteroatoms. The third kappa shape index (κ3) is 4.23. The van der Waals surface area contributed by atoms with E-state index in [-0.39, 0.29) is 5.54 Å². The Labute approximate surface area is 145 Å². The largest absolute Gasteiger partial charge is 0.434 e. The molecule has 2 aromatic rings. The van der Waals surface area contributed by atoms with Crippen molar-refractivity contribution in [1.29, 1.82) is 0 Å². The molecule has 1 atom stereocenters. The number of hydrogen-bond donors (Lipinski definition) is 1. The lowest BCUT2D eigenvalue weighted by molar-refractivity contribution is -0.141. The first kappa shape index (κ1) is 18.0. The van der Waals surface area contributed by atoms with Crippen LogP contribution in [0.25, 0.3) is 0 Å². The van der Waals surface area contributed by atoms with Gasteiger partial charge in [0.05, 0.1) is 11.7 Å². The molecule has 2 aromatic heterocycles. The summed E-state index contributed by atoms with van der Waals surface area (Å²) in [7, 11) is 0. The minimum Gasteiger partial charge on any atom is -0.334 e. The second-order valence-corrected chi connectivity index (χ2v) is 7.69. The lowest BCUT2D eigenvalue weighted by Gasteiger charge is -2.23. The van der Waals surface area contributed by atoms with Gasteiger partial charge in [-0.15, -0.1) is 0 Å². The quantitative estimate of drug-likeness (QED) is 0.916. The van der Waals surface area contributed by atoms with Crippen LogP contribution in [0.4, 0.5) is 13.2 Å². The maximum atomic E-state index is 12.8. The first-order valence-corrected chi connectivity index (χ1v) is 8.51. The number of fused-ring (bicyclic) bond motifs is 1. The van der Waals surface area contributed by atoms with Crippen molar-refractivity contribution in [3.05, 3.63) is 35.7 Å². The second kappa shape index (κ2) is 6.48. The predicted molar refractivity (Wildman–Crippen MR) is 88.0 cm³/mol. The molecule has 1 unspecified atom stereocenters. The first-order chi connectivity index (χ1) is 11.6. The summed E-state index contributed by atoms with van der Waals surface area (Å²) in [6.45, 7) is 8.33. The van der Waals surface area contributed by atoms with Gasteiger partial charge in [-0.25, -0.2) is 4.98 Å². The summed E-state index contributed by atoms with van der Waals surface area (Å²) in [4.78, 5) is 3.72. The van der Waals surface area contributed by atoms with Gasteiger partial charge >= 0.3 is 6.18 Å². The van der Waals surface area contributed by atoms with E-state index in [4.69, 9.17) is 0 Å². The van der Waals surface area contributed by atoms with Gasteiger partial charge in [0.1, 0.15) is 5.82 Å². The molecule has 3 heterocycles. The topological polar surface area (TPSA) is 47.7 Å². The lowest BCUT2D eigenvalue weighted by Crippen LogP contribution is -2.29. The highest BCUT2D eigenvalue weighted by Gasteiger charge is 2.35. The van der Waals surface area contributed by atoms with Crippen molar-refractivity contribution in [2.24, 2.45) is 5.92 Å². The standard InChI is InChI=1S/C17H24F3N5/c1-16(2,3)25-10-13(8-22-25)7-21-6-12-4-5-15-23-14(17(18,19)20)11-24(15)9-12/h8,10-12,21H,4-7,9H2,1-3H3. The van der Waals surface area contributed by atoms with E-state index >= 15 is 0 Å². The molecule has 0 radical (unpaired) electrons. The van der Waals surface area contributed by atoms with Crippen LogP contribution < -0.4 is 5.32 Å². The fourth-order valence-electron chi connectivity index (χ4n) is 3.06. The van der Waals surface area contributed by atoms with Gasteiger partial charge in [-0.3, -0.25) is 4.68 Å². The highest BCUT2D eigenvalue weighted by Crippen LogP contribution is 2.30. The Hall–Kier alpha value is -1.83. The Morgan fingerprint density at radius 1 is 1.24 bits per heavy atom. The molecule has 0 amide bonds. The zero-order chi connectivity index (χ0) is 18.2. The Bertz CT molecular complexity index is 723. The van der Waals surface area contributed by atoms with Crippen molar-refractivity contribution in [2.45, 2.75) is 58.4 Å². The van der Waals surface area contributed by atoms with Crippen LogP contribution in [-0.2, 0) is 31.2 Å². The number of aryl methyl sites for hydroxylation is 1. The fraction of sp³-hybridized carbons (Fsp3) is 0.647. The van der Waals surface area contributed by atoms with Crippen molar-refractivity contribution in [3.63, 3.8) is 0 Å². The SMILES string of the molecule is CC(C)(C)n1cc(CNCC2CCc3nc(C(F)(F)F)cn3C2)cn1. The van der Waals surface area contributed by atoms with Gasteiger partial charge in [0.15, 0.2) is 5.69 Å². The van der Waals surface area contributed by atoms with E-state index in [1.54, 1.807) is 4.57 Å². The molecule has 0 saturated carbocycles. The highest BCUT2D eigenvalue weighted by molar-refractivity contribution is 5.10. The van der Waals surface area contributed by atoms with Gasteiger partial charge in [0.25, 0.3) is 0 Å². The molecule has 0 aliphatic carbocycles. The molecule has 0 bridgehead atoms. The van der Waals surface area contributed by atoms with Crippen molar-refractivity contribution >= 4 is 0 Å². The van der Waals surface area contributed by atoms with Crippen LogP contribution in [0.2, 0.25) is 0 Å². The maximum absolute atomic E-state index is 12.8. The molecule has 1 aliphatic heterocycles. The molecule has 0 fully saturated rings. The minimum atomic E-state index is -4.37. The van der Waals surface area contributed by atoms with Crippen molar-refractivity contribution in [1.82, 2.24) is 24.6 Å². The van der Waals surface area contributed by atoms with E-state index in [0.29, 0.717) is 31.3 Å². The van der Waals surface area contributed by atoms with Gasteiger partial charge in [0.2, 0.25) is 0 Å². The van der Waals surface area contributed by atoms with E-state index in [0.717, 1.165) is 24.7 Å². The van der Waals surface area contributed by atoms with E-state index < -0.39 is 11.9 Å². The second-order valence-electron chi connectivity index (χ2n) is 7.69. The van der Waals surface area contributed by atoms with E-state index in [2.05, 4.69) is 36.2 Å². The third-order valence-electron chi connectivity index (χ3n) is 4.47. The van der Waals surface area contributed by atoms with E-state index in [1.165, 1.54) is 0 Å². The molecule has 3 rings (SSSR count). The summed E-state index contributed by atoms with van der Waals surface area (Å²) in [5.41, 5.74) is 0.273. The molecule has 0 spiro atoms. The smallest absolute Gasteiger partial charge is 0.334 e. The van der Waals surface area contributed by atoms with Crippen molar-refractivity contribution in [3.8, 4) is 0 Å². The van der Waals surface area contributed by atoms with Crippen LogP contribution in [0, 0.1) is 5.92 Å². The Balaban J connectivity index is 1.52. The van der Waals surface area contributed by atoms with Gasteiger partial charge < -0.3 is 9.88 Å². The van der Waals surface area contributed by atoms with Crippen molar-refractivity contribution in [2.75, 3.05) is 6.54 Å². The number of alkyl halides is 3. The Morgan fingerprint density at radius 3 is 2.64 bits per heavy atom. The summed E-state index contributed by atoms with van der Waals surface area (Å²) in [5, 5.41) is 7.76. The van der Waals surface area contributed by atoms with Gasteiger partial charge in [0, 0.05) is 37.5 Å². The number of nitrogens with one attached hydrogen (secondary N) is 1. The van der Waals surface area contributed by atoms with Gasteiger partial charge in [-0.05, 0) is 39.7 Å². The molecule has 25 heavy (non-hydrogen) atoms. The number of aromatic nitrogens is 4. The predicted octanol–water partition coefficient (Wildman–Crippen LogP) is 3.21. The van der Waals surface area contributed by atoms with Crippen molar-refractivity contribution < 1.29 is 13.2 Å². The van der Waals surface area contributed by atoms with Crippen LogP contribution in [0.3, 0.4) is 0 Å². The van der Waals surface area contributed by atoms with Crippen LogP contribution >= 0.6 is 0 Å². The molecule has 5 nitrogen and oxygen atoms in total. The first-order valence-electron chi connectivity index (χ1n) is 8.51. The third-order valence-corrected chi connectivity index (χ3v) is 4.47. The monoisotopic (exact) mass is 355 g/mol. The summed E-state index contributed by atoms with van der Waals surface area (Å²) in [6, 6.07) is 0. The number of imidazole rings is 1. The molecular formula is C17H24F3N5. The number of nitrogens with zero attached hydrogens (tertiary/aromatic N) is 4.